The van der Waals surface area contributed by atoms with Crippen LogP contribution < -0.4 is 5.32 Å². The first-order chi connectivity index (χ1) is 8.84. The van der Waals surface area contributed by atoms with Gasteiger partial charge in [0.05, 0.1) is 19.3 Å². The number of ether oxygens (including phenoxy) is 1. The van der Waals surface area contributed by atoms with Gasteiger partial charge in [0.1, 0.15) is 5.41 Å². The van der Waals surface area contributed by atoms with Gasteiger partial charge in [-0.1, -0.05) is 24.3 Å². The normalized spacial score (nSPS) is 26.1. The highest BCUT2D eigenvalue weighted by atomic mass is 16.5. The Labute approximate surface area is 108 Å². The van der Waals surface area contributed by atoms with E-state index in [0.717, 1.165) is 18.7 Å². The molecule has 0 saturated carbocycles. The van der Waals surface area contributed by atoms with Gasteiger partial charge in [-0.3, -0.25) is 0 Å². The lowest BCUT2D eigenvalue weighted by molar-refractivity contribution is -0.0298. The Kier molecular flexibility index (Phi) is 3.07. The molecule has 94 valence electrons. The van der Waals surface area contributed by atoms with Gasteiger partial charge in [0.2, 0.25) is 0 Å². The second-order valence-electron chi connectivity index (χ2n) is 5.36. The molecule has 3 heteroatoms. The van der Waals surface area contributed by atoms with Crippen LogP contribution in [0.5, 0.6) is 0 Å². The summed E-state index contributed by atoms with van der Waals surface area (Å²) >= 11 is 0. The van der Waals surface area contributed by atoms with Gasteiger partial charge < -0.3 is 10.1 Å². The van der Waals surface area contributed by atoms with E-state index in [4.69, 9.17) is 4.74 Å². The lowest BCUT2D eigenvalue weighted by Crippen LogP contribution is -2.45. The van der Waals surface area contributed by atoms with E-state index in [1.54, 1.807) is 0 Å². The molecule has 2 heterocycles. The fourth-order valence-electron chi connectivity index (χ4n) is 2.83. The molecule has 0 aromatic heterocycles. The van der Waals surface area contributed by atoms with E-state index in [1.165, 1.54) is 18.4 Å². The zero-order valence-electron chi connectivity index (χ0n) is 10.5. The molecule has 0 amide bonds. The number of nitrogens with one attached hydrogen (secondary N) is 1. The van der Waals surface area contributed by atoms with Gasteiger partial charge in [-0.25, -0.2) is 0 Å². The van der Waals surface area contributed by atoms with Gasteiger partial charge in [0.15, 0.2) is 0 Å². The average molecular weight is 242 g/mol. The molecule has 1 aromatic rings. The Morgan fingerprint density at radius 3 is 2.89 bits per heavy atom. The van der Waals surface area contributed by atoms with Gasteiger partial charge in [0, 0.05) is 6.54 Å². The average Bonchev–Trinajstić information content (AvgIpc) is 2.40. The van der Waals surface area contributed by atoms with E-state index < -0.39 is 5.41 Å². The molecule has 2 fully saturated rings. The number of rotatable bonds is 2. The van der Waals surface area contributed by atoms with Crippen molar-refractivity contribution in [2.75, 3.05) is 26.3 Å². The number of piperidine rings is 1. The van der Waals surface area contributed by atoms with Crippen molar-refractivity contribution in [3.63, 3.8) is 0 Å². The van der Waals surface area contributed by atoms with Crippen molar-refractivity contribution >= 4 is 0 Å². The van der Waals surface area contributed by atoms with Crippen LogP contribution in [0.25, 0.3) is 0 Å². The van der Waals surface area contributed by atoms with Gasteiger partial charge in [-0.15, -0.1) is 0 Å². The first-order valence-electron chi connectivity index (χ1n) is 6.64. The lowest BCUT2D eigenvalue weighted by atomic mass is 9.78. The molecule has 2 aliphatic heterocycles. The molecule has 2 aliphatic rings. The van der Waals surface area contributed by atoms with Crippen LogP contribution >= 0.6 is 0 Å². The molecule has 0 aliphatic carbocycles. The van der Waals surface area contributed by atoms with Crippen molar-refractivity contribution in [1.82, 2.24) is 5.32 Å². The summed E-state index contributed by atoms with van der Waals surface area (Å²) in [6.07, 6.45) is 2.48. The topological polar surface area (TPSA) is 45.0 Å². The summed E-state index contributed by atoms with van der Waals surface area (Å²) in [6.45, 7) is 3.26. The van der Waals surface area contributed by atoms with Gasteiger partial charge in [-0.2, -0.15) is 5.26 Å². The molecule has 0 radical (unpaired) electrons. The third-order valence-electron chi connectivity index (χ3n) is 4.12. The van der Waals surface area contributed by atoms with Crippen molar-refractivity contribution in [3.05, 3.63) is 35.4 Å². The Morgan fingerprint density at radius 1 is 1.39 bits per heavy atom. The Balaban J connectivity index is 1.87. The summed E-state index contributed by atoms with van der Waals surface area (Å²) in [4.78, 5) is 0. The van der Waals surface area contributed by atoms with Crippen LogP contribution in [-0.2, 0) is 10.2 Å². The fraction of sp³-hybridized carbons (Fsp3) is 0.533. The maximum absolute atomic E-state index is 9.35. The van der Waals surface area contributed by atoms with Gasteiger partial charge >= 0.3 is 0 Å². The molecule has 1 atom stereocenters. The fourth-order valence-corrected chi connectivity index (χ4v) is 2.83. The minimum absolute atomic E-state index is 0.391. The van der Waals surface area contributed by atoms with E-state index in [2.05, 4.69) is 35.7 Å². The van der Waals surface area contributed by atoms with E-state index in [0.29, 0.717) is 19.1 Å². The zero-order chi connectivity index (χ0) is 12.4. The maximum atomic E-state index is 9.35. The maximum Gasteiger partial charge on any atom is 0.129 e. The molecule has 3 rings (SSSR count). The molecule has 1 aromatic carbocycles. The summed E-state index contributed by atoms with van der Waals surface area (Å²) < 4.78 is 5.23. The molecular formula is C15H18N2O. The second kappa shape index (κ2) is 4.72. The van der Waals surface area contributed by atoms with Crippen molar-refractivity contribution in [3.8, 4) is 6.07 Å². The van der Waals surface area contributed by atoms with Crippen molar-refractivity contribution < 1.29 is 4.74 Å². The summed E-state index contributed by atoms with van der Waals surface area (Å²) in [6, 6.07) is 11.0. The van der Waals surface area contributed by atoms with Crippen LogP contribution in [0, 0.1) is 11.3 Å². The zero-order valence-corrected chi connectivity index (χ0v) is 10.5. The Bertz CT molecular complexity index is 468. The van der Waals surface area contributed by atoms with Gasteiger partial charge in [0.25, 0.3) is 0 Å². The number of hydrogen-bond donors (Lipinski definition) is 1. The first kappa shape index (κ1) is 11.7. The van der Waals surface area contributed by atoms with Crippen LogP contribution in [-0.4, -0.2) is 26.3 Å². The molecule has 1 N–H and O–H groups in total. The van der Waals surface area contributed by atoms with Crippen LogP contribution in [0.3, 0.4) is 0 Å². The van der Waals surface area contributed by atoms with Crippen molar-refractivity contribution in [1.29, 1.82) is 5.26 Å². The number of hydrogen-bond acceptors (Lipinski definition) is 3. The minimum Gasteiger partial charge on any atom is -0.377 e. The SMILES string of the molecule is N#CC1(c2cccc(C3CCCNC3)c2)COC1. The van der Waals surface area contributed by atoms with Gasteiger partial charge in [-0.05, 0) is 36.4 Å². The molecule has 18 heavy (non-hydrogen) atoms. The van der Waals surface area contributed by atoms with E-state index in [1.807, 2.05) is 0 Å². The Morgan fingerprint density at radius 2 is 2.28 bits per heavy atom. The first-order valence-corrected chi connectivity index (χ1v) is 6.64. The van der Waals surface area contributed by atoms with Crippen molar-refractivity contribution in [2.45, 2.75) is 24.2 Å². The molecule has 2 saturated heterocycles. The van der Waals surface area contributed by atoms with E-state index in [9.17, 15) is 5.26 Å². The number of benzene rings is 1. The number of nitrogens with zero attached hydrogens (tertiary/aromatic N) is 1. The molecular weight excluding hydrogens is 224 g/mol. The predicted octanol–water partition coefficient (Wildman–Crippen LogP) is 1.95. The third-order valence-corrected chi connectivity index (χ3v) is 4.12. The van der Waals surface area contributed by atoms with E-state index >= 15 is 0 Å². The van der Waals surface area contributed by atoms with Crippen LogP contribution in [0.15, 0.2) is 24.3 Å². The standard InChI is InChI=1S/C15H18N2O/c16-9-15(10-18-11-15)14-5-1-3-12(7-14)13-4-2-6-17-8-13/h1,3,5,7,13,17H,2,4,6,8,10-11H2. The summed E-state index contributed by atoms with van der Waals surface area (Å²) in [5, 5.41) is 12.8. The van der Waals surface area contributed by atoms with Crippen LogP contribution in [0.1, 0.15) is 29.9 Å². The van der Waals surface area contributed by atoms with Crippen LogP contribution in [0.4, 0.5) is 0 Å². The summed E-state index contributed by atoms with van der Waals surface area (Å²) in [7, 11) is 0. The highest BCUT2D eigenvalue weighted by molar-refractivity contribution is 5.39. The summed E-state index contributed by atoms with van der Waals surface area (Å²) in [5.74, 6) is 0.593. The van der Waals surface area contributed by atoms with E-state index in [-0.39, 0.29) is 0 Å². The summed E-state index contributed by atoms with van der Waals surface area (Å²) in [5.41, 5.74) is 2.10. The monoisotopic (exact) mass is 242 g/mol. The van der Waals surface area contributed by atoms with Crippen molar-refractivity contribution in [2.24, 2.45) is 0 Å². The van der Waals surface area contributed by atoms with Crippen LogP contribution in [0.2, 0.25) is 0 Å². The molecule has 0 spiro atoms. The number of nitriles is 1. The molecule has 3 nitrogen and oxygen atoms in total. The Hall–Kier alpha value is -1.37. The predicted molar refractivity (Wildman–Crippen MR) is 69.4 cm³/mol. The smallest absolute Gasteiger partial charge is 0.129 e. The molecule has 0 bridgehead atoms. The quantitative estimate of drug-likeness (QED) is 0.862. The second-order valence-corrected chi connectivity index (χ2v) is 5.36. The largest absolute Gasteiger partial charge is 0.377 e. The lowest BCUT2D eigenvalue weighted by Gasteiger charge is -2.36. The highest BCUT2D eigenvalue weighted by Crippen LogP contribution is 2.34. The third kappa shape index (κ3) is 1.92. The molecule has 1 unspecified atom stereocenters. The minimum atomic E-state index is -0.391. The highest BCUT2D eigenvalue weighted by Gasteiger charge is 2.41.